The lowest BCUT2D eigenvalue weighted by molar-refractivity contribution is 0.112. The van der Waals surface area contributed by atoms with Gasteiger partial charge in [-0.05, 0) is 25.0 Å². The predicted molar refractivity (Wildman–Crippen MR) is 81.3 cm³/mol. The van der Waals surface area contributed by atoms with Crippen LogP contribution in [0.2, 0.25) is 0 Å². The smallest absolute Gasteiger partial charge is 0.153 e. The van der Waals surface area contributed by atoms with Gasteiger partial charge in [0.15, 0.2) is 6.29 Å². The van der Waals surface area contributed by atoms with Crippen molar-refractivity contribution in [2.75, 3.05) is 7.11 Å². The third-order valence-corrected chi connectivity index (χ3v) is 4.21. The summed E-state index contributed by atoms with van der Waals surface area (Å²) in [5.74, 6) is 1.21. The minimum absolute atomic E-state index is 0.422. The molecule has 0 unspecified atom stereocenters. The summed E-state index contributed by atoms with van der Waals surface area (Å²) in [4.78, 5) is 11.4. The van der Waals surface area contributed by atoms with Gasteiger partial charge in [0.2, 0.25) is 0 Å². The molecule has 0 N–H and O–H groups in total. The Morgan fingerprint density at radius 1 is 1.29 bits per heavy atom. The van der Waals surface area contributed by atoms with Crippen molar-refractivity contribution in [3.63, 3.8) is 0 Å². The zero-order valence-electron chi connectivity index (χ0n) is 12.3. The molecule has 1 aromatic heterocycles. The molecule has 0 amide bonds. The number of carbonyl (C=O) groups is 1. The Kier molecular flexibility index (Phi) is 4.04. The number of aromatic nitrogens is 2. The fraction of sp³-hybridized carbons (Fsp3) is 0.412. The molecule has 4 heteroatoms. The van der Waals surface area contributed by atoms with E-state index < -0.39 is 0 Å². The van der Waals surface area contributed by atoms with Crippen LogP contribution in [0.15, 0.2) is 30.5 Å². The van der Waals surface area contributed by atoms with E-state index in [1.54, 1.807) is 11.8 Å². The lowest BCUT2D eigenvalue weighted by atomic mass is 9.86. The monoisotopic (exact) mass is 284 g/mol. The Labute approximate surface area is 124 Å². The molecule has 1 aliphatic rings. The summed E-state index contributed by atoms with van der Waals surface area (Å²) < 4.78 is 7.03. The summed E-state index contributed by atoms with van der Waals surface area (Å²) >= 11 is 0. The van der Waals surface area contributed by atoms with Crippen LogP contribution < -0.4 is 4.74 Å². The van der Waals surface area contributed by atoms with Crippen LogP contribution in [0.3, 0.4) is 0 Å². The summed E-state index contributed by atoms with van der Waals surface area (Å²) in [5.41, 5.74) is 2.58. The SMILES string of the molecule is COc1cccc(-n2cc(C=O)c(C3CCCCC3)n2)c1. The van der Waals surface area contributed by atoms with Gasteiger partial charge in [-0.15, -0.1) is 0 Å². The molecule has 0 bridgehead atoms. The zero-order valence-corrected chi connectivity index (χ0v) is 12.3. The molecule has 0 spiro atoms. The van der Waals surface area contributed by atoms with E-state index in [2.05, 4.69) is 5.10 Å². The summed E-state index contributed by atoms with van der Waals surface area (Å²) in [6.45, 7) is 0. The van der Waals surface area contributed by atoms with Gasteiger partial charge in [0.25, 0.3) is 0 Å². The topological polar surface area (TPSA) is 44.1 Å². The van der Waals surface area contributed by atoms with E-state index in [0.29, 0.717) is 11.5 Å². The highest BCUT2D eigenvalue weighted by Crippen LogP contribution is 2.33. The van der Waals surface area contributed by atoms with Gasteiger partial charge in [0.05, 0.1) is 24.1 Å². The van der Waals surface area contributed by atoms with Crippen LogP contribution in [-0.2, 0) is 0 Å². The first-order chi connectivity index (χ1) is 10.3. The van der Waals surface area contributed by atoms with Crippen LogP contribution >= 0.6 is 0 Å². The lowest BCUT2D eigenvalue weighted by Gasteiger charge is -2.20. The minimum atomic E-state index is 0.422. The second-order valence-corrected chi connectivity index (χ2v) is 5.57. The number of hydrogen-bond acceptors (Lipinski definition) is 3. The third kappa shape index (κ3) is 2.84. The van der Waals surface area contributed by atoms with Crippen molar-refractivity contribution < 1.29 is 9.53 Å². The molecule has 3 rings (SSSR count). The van der Waals surface area contributed by atoms with E-state index >= 15 is 0 Å². The highest BCUT2D eigenvalue weighted by Gasteiger charge is 2.22. The van der Waals surface area contributed by atoms with Crippen molar-refractivity contribution in [2.24, 2.45) is 0 Å². The molecule has 0 saturated heterocycles. The lowest BCUT2D eigenvalue weighted by Crippen LogP contribution is -2.07. The molecular formula is C17H20N2O2. The van der Waals surface area contributed by atoms with Crippen LogP contribution in [0.1, 0.15) is 54.1 Å². The average molecular weight is 284 g/mol. The number of nitrogens with zero attached hydrogens (tertiary/aromatic N) is 2. The van der Waals surface area contributed by atoms with Crippen LogP contribution in [0.5, 0.6) is 5.75 Å². The quantitative estimate of drug-likeness (QED) is 0.803. The molecule has 1 aliphatic carbocycles. The number of aldehydes is 1. The molecule has 4 nitrogen and oxygen atoms in total. The highest BCUT2D eigenvalue weighted by atomic mass is 16.5. The van der Waals surface area contributed by atoms with Crippen molar-refractivity contribution in [1.29, 1.82) is 0 Å². The van der Waals surface area contributed by atoms with E-state index in [1.165, 1.54) is 19.3 Å². The Morgan fingerprint density at radius 3 is 2.81 bits per heavy atom. The molecule has 1 saturated carbocycles. The van der Waals surface area contributed by atoms with Gasteiger partial charge in [-0.25, -0.2) is 4.68 Å². The normalized spacial score (nSPS) is 15.9. The van der Waals surface area contributed by atoms with Crippen molar-refractivity contribution in [3.05, 3.63) is 41.7 Å². The number of hydrogen-bond donors (Lipinski definition) is 0. The number of methoxy groups -OCH3 is 1. The summed E-state index contributed by atoms with van der Waals surface area (Å²) in [6, 6.07) is 7.72. The highest BCUT2D eigenvalue weighted by molar-refractivity contribution is 5.76. The molecule has 0 radical (unpaired) electrons. The number of benzene rings is 1. The summed E-state index contributed by atoms with van der Waals surface area (Å²) in [5, 5.41) is 4.68. The van der Waals surface area contributed by atoms with E-state index in [-0.39, 0.29) is 0 Å². The standard InChI is InChI=1S/C17H20N2O2/c1-21-16-9-5-8-15(10-16)19-11-14(12-20)17(18-19)13-6-3-2-4-7-13/h5,8-13H,2-4,6-7H2,1H3. The molecule has 2 aromatic rings. The van der Waals surface area contributed by atoms with Gasteiger partial charge >= 0.3 is 0 Å². The number of carbonyl (C=O) groups excluding carboxylic acids is 1. The number of rotatable bonds is 4. The summed E-state index contributed by atoms with van der Waals surface area (Å²) in [6.07, 6.45) is 8.78. The molecule has 0 aliphatic heterocycles. The molecule has 21 heavy (non-hydrogen) atoms. The third-order valence-electron chi connectivity index (χ3n) is 4.21. The van der Waals surface area contributed by atoms with Crippen LogP contribution in [0, 0.1) is 0 Å². The first kappa shape index (κ1) is 13.9. The van der Waals surface area contributed by atoms with Crippen molar-refractivity contribution in [2.45, 2.75) is 38.0 Å². The molecule has 1 heterocycles. The maximum absolute atomic E-state index is 11.4. The second-order valence-electron chi connectivity index (χ2n) is 5.57. The Morgan fingerprint density at radius 2 is 2.10 bits per heavy atom. The zero-order chi connectivity index (χ0) is 14.7. The van der Waals surface area contributed by atoms with Gasteiger partial charge in [-0.2, -0.15) is 5.10 Å². The first-order valence-corrected chi connectivity index (χ1v) is 7.51. The summed E-state index contributed by atoms with van der Waals surface area (Å²) in [7, 11) is 1.65. The fourth-order valence-corrected chi connectivity index (χ4v) is 3.07. The van der Waals surface area contributed by atoms with Gasteiger partial charge < -0.3 is 4.74 Å². The fourth-order valence-electron chi connectivity index (χ4n) is 3.07. The Bertz CT molecular complexity index is 627. The molecule has 110 valence electrons. The predicted octanol–water partition coefficient (Wildman–Crippen LogP) is 3.74. The van der Waals surface area contributed by atoms with Crippen LogP contribution in [-0.4, -0.2) is 23.2 Å². The van der Waals surface area contributed by atoms with Crippen molar-refractivity contribution >= 4 is 6.29 Å². The van der Waals surface area contributed by atoms with Crippen LogP contribution in [0.25, 0.3) is 5.69 Å². The minimum Gasteiger partial charge on any atom is -0.497 e. The Hall–Kier alpha value is -2.10. The van der Waals surface area contributed by atoms with E-state index in [1.807, 2.05) is 30.5 Å². The Balaban J connectivity index is 1.96. The second kappa shape index (κ2) is 6.12. The number of ether oxygens (including phenoxy) is 1. The van der Waals surface area contributed by atoms with Crippen LogP contribution in [0.4, 0.5) is 0 Å². The average Bonchev–Trinajstić information content (AvgIpc) is 3.00. The van der Waals surface area contributed by atoms with Gasteiger partial charge in [-0.3, -0.25) is 4.79 Å². The molecule has 1 fully saturated rings. The molecule has 1 aromatic carbocycles. The van der Waals surface area contributed by atoms with Gasteiger partial charge in [0, 0.05) is 18.2 Å². The first-order valence-electron chi connectivity index (χ1n) is 7.51. The van der Waals surface area contributed by atoms with Gasteiger partial charge in [0.1, 0.15) is 5.75 Å². The van der Waals surface area contributed by atoms with Crippen molar-refractivity contribution in [3.8, 4) is 11.4 Å². The van der Waals surface area contributed by atoms with E-state index in [0.717, 1.165) is 36.3 Å². The maximum atomic E-state index is 11.4. The maximum Gasteiger partial charge on any atom is 0.153 e. The molecular weight excluding hydrogens is 264 g/mol. The van der Waals surface area contributed by atoms with E-state index in [9.17, 15) is 4.79 Å². The largest absolute Gasteiger partial charge is 0.497 e. The van der Waals surface area contributed by atoms with Gasteiger partial charge in [-0.1, -0.05) is 25.3 Å². The van der Waals surface area contributed by atoms with Crippen molar-refractivity contribution in [1.82, 2.24) is 9.78 Å². The van der Waals surface area contributed by atoms with E-state index in [4.69, 9.17) is 4.74 Å². The molecule has 0 atom stereocenters.